The SMILES string of the molecule is Cc1nc(CC(=O)C2CCCO2)sc1C. The van der Waals surface area contributed by atoms with Gasteiger partial charge in [0, 0.05) is 11.5 Å². The zero-order chi connectivity index (χ0) is 10.8. The van der Waals surface area contributed by atoms with Crippen LogP contribution >= 0.6 is 11.3 Å². The maximum absolute atomic E-state index is 11.8. The van der Waals surface area contributed by atoms with Crippen LogP contribution < -0.4 is 0 Å². The Balaban J connectivity index is 1.99. The molecule has 82 valence electrons. The number of nitrogens with zero attached hydrogens (tertiary/aromatic N) is 1. The summed E-state index contributed by atoms with van der Waals surface area (Å²) in [5, 5.41) is 0.922. The number of Topliss-reactive ketones (excluding diaryl/α,β-unsaturated/α-hetero) is 1. The number of carbonyl (C=O) groups is 1. The van der Waals surface area contributed by atoms with Crippen LogP contribution in [0.5, 0.6) is 0 Å². The molecule has 2 heterocycles. The highest BCUT2D eigenvalue weighted by Gasteiger charge is 2.24. The van der Waals surface area contributed by atoms with E-state index < -0.39 is 0 Å². The first-order chi connectivity index (χ1) is 7.16. The second-order valence-electron chi connectivity index (χ2n) is 3.89. The van der Waals surface area contributed by atoms with Crippen LogP contribution in [0.25, 0.3) is 0 Å². The summed E-state index contributed by atoms with van der Waals surface area (Å²) in [7, 11) is 0. The van der Waals surface area contributed by atoms with Crippen LogP contribution in [0.4, 0.5) is 0 Å². The van der Waals surface area contributed by atoms with Crippen molar-refractivity contribution in [3.05, 3.63) is 15.6 Å². The van der Waals surface area contributed by atoms with Gasteiger partial charge in [0.25, 0.3) is 0 Å². The first-order valence-corrected chi connectivity index (χ1v) is 6.05. The Morgan fingerprint density at radius 1 is 1.60 bits per heavy atom. The third-order valence-corrected chi connectivity index (χ3v) is 3.76. The van der Waals surface area contributed by atoms with Crippen LogP contribution in [0, 0.1) is 13.8 Å². The van der Waals surface area contributed by atoms with Crippen molar-refractivity contribution in [2.75, 3.05) is 6.61 Å². The average molecular weight is 225 g/mol. The molecule has 2 rings (SSSR count). The zero-order valence-electron chi connectivity index (χ0n) is 9.08. The van der Waals surface area contributed by atoms with Crippen molar-refractivity contribution in [1.82, 2.24) is 4.98 Å². The first kappa shape index (κ1) is 10.8. The molecule has 0 bridgehead atoms. The van der Waals surface area contributed by atoms with Gasteiger partial charge in [-0.15, -0.1) is 11.3 Å². The molecule has 1 aromatic heterocycles. The summed E-state index contributed by atoms with van der Waals surface area (Å²) in [5.74, 6) is 0.182. The normalized spacial score (nSPS) is 20.8. The molecular weight excluding hydrogens is 210 g/mol. The minimum atomic E-state index is -0.172. The summed E-state index contributed by atoms with van der Waals surface area (Å²) in [6.45, 7) is 4.74. The minimum Gasteiger partial charge on any atom is -0.370 e. The first-order valence-electron chi connectivity index (χ1n) is 5.24. The van der Waals surface area contributed by atoms with Gasteiger partial charge >= 0.3 is 0 Å². The van der Waals surface area contributed by atoms with Gasteiger partial charge in [-0.3, -0.25) is 4.79 Å². The molecule has 0 radical (unpaired) electrons. The quantitative estimate of drug-likeness (QED) is 0.790. The smallest absolute Gasteiger partial charge is 0.168 e. The van der Waals surface area contributed by atoms with Gasteiger partial charge in [0.1, 0.15) is 11.1 Å². The molecule has 1 fully saturated rings. The topological polar surface area (TPSA) is 39.2 Å². The van der Waals surface area contributed by atoms with Crippen LogP contribution in [0.15, 0.2) is 0 Å². The van der Waals surface area contributed by atoms with Crippen molar-refractivity contribution in [2.24, 2.45) is 0 Å². The van der Waals surface area contributed by atoms with E-state index in [-0.39, 0.29) is 11.9 Å². The van der Waals surface area contributed by atoms with Crippen LogP contribution in [-0.2, 0) is 16.0 Å². The summed E-state index contributed by atoms with van der Waals surface area (Å²) in [4.78, 5) is 17.3. The Bertz CT molecular complexity index is 347. The summed E-state index contributed by atoms with van der Waals surface area (Å²) in [6, 6.07) is 0. The van der Waals surface area contributed by atoms with Crippen molar-refractivity contribution < 1.29 is 9.53 Å². The fourth-order valence-electron chi connectivity index (χ4n) is 1.71. The van der Waals surface area contributed by atoms with E-state index in [1.165, 1.54) is 4.88 Å². The zero-order valence-corrected chi connectivity index (χ0v) is 9.89. The van der Waals surface area contributed by atoms with Gasteiger partial charge in [-0.25, -0.2) is 4.98 Å². The van der Waals surface area contributed by atoms with E-state index in [9.17, 15) is 4.79 Å². The molecule has 1 unspecified atom stereocenters. The molecule has 1 aromatic rings. The van der Waals surface area contributed by atoms with Crippen LogP contribution in [-0.4, -0.2) is 23.5 Å². The summed E-state index contributed by atoms with van der Waals surface area (Å²) >= 11 is 1.61. The van der Waals surface area contributed by atoms with Crippen molar-refractivity contribution in [2.45, 2.75) is 39.2 Å². The monoisotopic (exact) mass is 225 g/mol. The van der Waals surface area contributed by atoms with Crippen LogP contribution in [0.3, 0.4) is 0 Å². The molecular formula is C11H15NO2S. The van der Waals surface area contributed by atoms with E-state index in [2.05, 4.69) is 4.98 Å². The number of ketones is 1. The standard InChI is InChI=1S/C11H15NO2S/c1-7-8(2)15-11(12-7)6-9(13)10-4-3-5-14-10/h10H,3-6H2,1-2H3. The number of thiazole rings is 1. The predicted molar refractivity (Wildman–Crippen MR) is 59.3 cm³/mol. The second-order valence-corrected chi connectivity index (χ2v) is 5.18. The van der Waals surface area contributed by atoms with Crippen molar-refractivity contribution in [3.63, 3.8) is 0 Å². The third-order valence-electron chi connectivity index (χ3n) is 2.69. The molecule has 0 aromatic carbocycles. The predicted octanol–water partition coefficient (Wildman–Crippen LogP) is 2.05. The number of ether oxygens (including phenoxy) is 1. The molecule has 1 atom stereocenters. The largest absolute Gasteiger partial charge is 0.370 e. The Hall–Kier alpha value is -0.740. The number of aryl methyl sites for hydroxylation is 2. The molecule has 3 nitrogen and oxygen atoms in total. The lowest BCUT2D eigenvalue weighted by Gasteiger charge is -2.05. The van der Waals surface area contributed by atoms with Crippen LogP contribution in [0.2, 0.25) is 0 Å². The molecule has 0 aliphatic carbocycles. The lowest BCUT2D eigenvalue weighted by molar-refractivity contribution is -0.127. The Kier molecular flexibility index (Phi) is 3.17. The number of hydrogen-bond donors (Lipinski definition) is 0. The minimum absolute atomic E-state index is 0.172. The van der Waals surface area contributed by atoms with Gasteiger partial charge in [0.2, 0.25) is 0 Å². The number of rotatable bonds is 3. The molecule has 0 saturated carbocycles. The Morgan fingerprint density at radius 2 is 2.40 bits per heavy atom. The van der Waals surface area contributed by atoms with Gasteiger partial charge in [-0.05, 0) is 26.7 Å². The molecule has 1 aliphatic rings. The highest BCUT2D eigenvalue weighted by molar-refractivity contribution is 7.11. The average Bonchev–Trinajstić information content (AvgIpc) is 2.77. The lowest BCUT2D eigenvalue weighted by atomic mass is 10.1. The van der Waals surface area contributed by atoms with E-state index in [1.54, 1.807) is 11.3 Å². The molecule has 4 heteroatoms. The van der Waals surface area contributed by atoms with Gasteiger partial charge in [0.15, 0.2) is 5.78 Å². The third kappa shape index (κ3) is 2.44. The van der Waals surface area contributed by atoms with Crippen molar-refractivity contribution in [1.29, 1.82) is 0 Å². The maximum atomic E-state index is 11.8. The number of aromatic nitrogens is 1. The molecule has 0 spiro atoms. The summed E-state index contributed by atoms with van der Waals surface area (Å²) in [6.07, 6.45) is 2.15. The molecule has 0 amide bonds. The van der Waals surface area contributed by atoms with Crippen molar-refractivity contribution >= 4 is 17.1 Å². The highest BCUT2D eigenvalue weighted by atomic mass is 32.1. The fraction of sp³-hybridized carbons (Fsp3) is 0.636. The van der Waals surface area contributed by atoms with E-state index in [0.29, 0.717) is 6.42 Å². The van der Waals surface area contributed by atoms with E-state index in [0.717, 1.165) is 30.2 Å². The summed E-state index contributed by atoms with van der Waals surface area (Å²) < 4.78 is 5.35. The van der Waals surface area contributed by atoms with Gasteiger partial charge in [0.05, 0.1) is 12.1 Å². The van der Waals surface area contributed by atoms with E-state index in [1.807, 2.05) is 13.8 Å². The molecule has 0 N–H and O–H groups in total. The van der Waals surface area contributed by atoms with E-state index >= 15 is 0 Å². The second kappa shape index (κ2) is 4.41. The van der Waals surface area contributed by atoms with E-state index in [4.69, 9.17) is 4.74 Å². The summed E-state index contributed by atoms with van der Waals surface area (Å²) in [5.41, 5.74) is 1.04. The maximum Gasteiger partial charge on any atom is 0.168 e. The number of carbonyl (C=O) groups excluding carboxylic acids is 1. The van der Waals surface area contributed by atoms with Crippen LogP contribution in [0.1, 0.15) is 28.4 Å². The van der Waals surface area contributed by atoms with Gasteiger partial charge in [-0.2, -0.15) is 0 Å². The molecule has 15 heavy (non-hydrogen) atoms. The van der Waals surface area contributed by atoms with Gasteiger partial charge in [-0.1, -0.05) is 0 Å². The highest BCUT2D eigenvalue weighted by Crippen LogP contribution is 2.20. The molecule has 1 saturated heterocycles. The van der Waals surface area contributed by atoms with Crippen molar-refractivity contribution in [3.8, 4) is 0 Å². The van der Waals surface area contributed by atoms with Gasteiger partial charge < -0.3 is 4.74 Å². The Morgan fingerprint density at radius 3 is 2.93 bits per heavy atom. The fourth-order valence-corrected chi connectivity index (χ4v) is 2.65. The number of hydrogen-bond acceptors (Lipinski definition) is 4. The Labute approximate surface area is 93.5 Å². The lowest BCUT2D eigenvalue weighted by Crippen LogP contribution is -2.21. The molecule has 1 aliphatic heterocycles.